The highest BCUT2D eigenvalue weighted by atomic mass is 16.6. The third kappa shape index (κ3) is 1.94. The molecule has 5 heteroatoms. The molecule has 98 valence electrons. The summed E-state index contributed by atoms with van der Waals surface area (Å²) in [6.45, 7) is 0. The fourth-order valence-electron chi connectivity index (χ4n) is 2.92. The third-order valence-corrected chi connectivity index (χ3v) is 3.78. The van der Waals surface area contributed by atoms with Gasteiger partial charge in [-0.25, -0.2) is 0 Å². The van der Waals surface area contributed by atoms with Gasteiger partial charge >= 0.3 is 15.4 Å². The van der Waals surface area contributed by atoms with E-state index in [-0.39, 0.29) is 0 Å². The summed E-state index contributed by atoms with van der Waals surface area (Å²) in [5, 5.41) is 15.6. The lowest BCUT2D eigenvalue weighted by Gasteiger charge is -2.14. The maximum atomic E-state index is 8.52. The summed E-state index contributed by atoms with van der Waals surface area (Å²) < 4.78 is 10.1. The molecule has 0 bridgehead atoms. The minimum absolute atomic E-state index is 0.579. The standard InChI is InChI=1S/C16H10B2O3/c19-17-21-18-20-14-9-7-12-5-4-10-2-1-3-11-6-8-13(14)16(12)15(10)11/h1-9,19H. The third-order valence-electron chi connectivity index (χ3n) is 3.78. The highest BCUT2D eigenvalue weighted by molar-refractivity contribution is 6.34. The largest absolute Gasteiger partial charge is 0.557 e. The average Bonchev–Trinajstić information content (AvgIpc) is 2.54. The zero-order chi connectivity index (χ0) is 14.2. The van der Waals surface area contributed by atoms with E-state index in [9.17, 15) is 0 Å². The van der Waals surface area contributed by atoms with Crippen LogP contribution >= 0.6 is 0 Å². The molecule has 4 aromatic carbocycles. The molecular weight excluding hydrogens is 262 g/mol. The van der Waals surface area contributed by atoms with Crippen molar-refractivity contribution in [3.63, 3.8) is 0 Å². The van der Waals surface area contributed by atoms with Gasteiger partial charge in [-0.1, -0.05) is 48.5 Å². The quantitative estimate of drug-likeness (QED) is 0.352. The summed E-state index contributed by atoms with van der Waals surface area (Å²) in [5.41, 5.74) is 0. The molecule has 0 fully saturated rings. The van der Waals surface area contributed by atoms with Crippen LogP contribution in [0.1, 0.15) is 0 Å². The van der Waals surface area contributed by atoms with Crippen molar-refractivity contribution in [1.82, 2.24) is 0 Å². The number of rotatable bonds is 4. The van der Waals surface area contributed by atoms with Crippen LogP contribution in [0.4, 0.5) is 0 Å². The number of hydrogen-bond acceptors (Lipinski definition) is 3. The molecule has 0 spiro atoms. The van der Waals surface area contributed by atoms with Gasteiger partial charge in [0.1, 0.15) is 5.75 Å². The second-order valence-electron chi connectivity index (χ2n) is 4.88. The molecule has 0 aliphatic rings. The number of benzene rings is 4. The molecule has 0 heterocycles. The molecule has 0 aromatic heterocycles. The topological polar surface area (TPSA) is 38.7 Å². The Balaban J connectivity index is 2.01. The van der Waals surface area contributed by atoms with Gasteiger partial charge in [0.15, 0.2) is 0 Å². The van der Waals surface area contributed by atoms with Crippen molar-refractivity contribution >= 4 is 47.7 Å². The molecule has 4 rings (SSSR count). The summed E-state index contributed by atoms with van der Waals surface area (Å²) in [6, 6.07) is 18.6. The summed E-state index contributed by atoms with van der Waals surface area (Å²) >= 11 is 0. The smallest absolute Gasteiger partial charge is 0.538 e. The summed E-state index contributed by atoms with van der Waals surface area (Å²) in [6.07, 6.45) is 0. The fraction of sp³-hybridized carbons (Fsp3) is 0. The maximum absolute atomic E-state index is 8.52. The van der Waals surface area contributed by atoms with E-state index in [0.29, 0.717) is 13.4 Å². The van der Waals surface area contributed by atoms with Crippen LogP contribution in [0.25, 0.3) is 32.3 Å². The van der Waals surface area contributed by atoms with E-state index in [1.165, 1.54) is 26.9 Å². The van der Waals surface area contributed by atoms with Crippen LogP contribution in [-0.4, -0.2) is 20.4 Å². The van der Waals surface area contributed by atoms with E-state index in [1.807, 2.05) is 12.1 Å². The SMILES string of the molecule is O[B]O[B]Oc1ccc2ccc3cccc4ccc1c2c34. The van der Waals surface area contributed by atoms with Gasteiger partial charge in [-0.3, -0.25) is 0 Å². The highest BCUT2D eigenvalue weighted by Crippen LogP contribution is 2.38. The van der Waals surface area contributed by atoms with Crippen LogP contribution in [0.2, 0.25) is 0 Å². The minimum Gasteiger partial charge on any atom is -0.538 e. The Kier molecular flexibility index (Phi) is 2.95. The lowest BCUT2D eigenvalue weighted by Crippen LogP contribution is -2.10. The van der Waals surface area contributed by atoms with Crippen LogP contribution in [0.5, 0.6) is 5.75 Å². The van der Waals surface area contributed by atoms with E-state index >= 15 is 0 Å². The van der Waals surface area contributed by atoms with Gasteiger partial charge in [-0.05, 0) is 27.6 Å². The molecule has 0 amide bonds. The molecule has 0 unspecified atom stereocenters. The lowest BCUT2D eigenvalue weighted by molar-refractivity contribution is 0.414. The van der Waals surface area contributed by atoms with Crippen molar-refractivity contribution < 1.29 is 14.3 Å². The van der Waals surface area contributed by atoms with Gasteiger partial charge in [-0.2, -0.15) is 0 Å². The average molecular weight is 272 g/mol. The Morgan fingerprint density at radius 3 is 2.19 bits per heavy atom. The van der Waals surface area contributed by atoms with E-state index in [4.69, 9.17) is 9.68 Å². The zero-order valence-corrected chi connectivity index (χ0v) is 11.1. The minimum atomic E-state index is 0.579. The predicted octanol–water partition coefficient (Wildman–Crippen LogP) is 3.04. The van der Waals surface area contributed by atoms with Gasteiger partial charge in [0.05, 0.1) is 0 Å². The molecule has 3 nitrogen and oxygen atoms in total. The van der Waals surface area contributed by atoms with Gasteiger partial charge < -0.3 is 14.3 Å². The second-order valence-corrected chi connectivity index (χ2v) is 4.88. The van der Waals surface area contributed by atoms with Gasteiger partial charge in [0, 0.05) is 10.8 Å². The van der Waals surface area contributed by atoms with Crippen LogP contribution < -0.4 is 4.65 Å². The van der Waals surface area contributed by atoms with Crippen molar-refractivity contribution in [3.05, 3.63) is 54.6 Å². The first kappa shape index (κ1) is 12.5. The van der Waals surface area contributed by atoms with Gasteiger partial charge in [0.2, 0.25) is 0 Å². The monoisotopic (exact) mass is 272 g/mol. The molecular formula is C16H10B2O3. The van der Waals surface area contributed by atoms with Crippen molar-refractivity contribution in [2.45, 2.75) is 0 Å². The summed E-state index contributed by atoms with van der Waals surface area (Å²) in [4.78, 5) is 0. The molecule has 0 saturated heterocycles. The molecule has 0 saturated carbocycles. The predicted molar refractivity (Wildman–Crippen MR) is 85.6 cm³/mol. The Morgan fingerprint density at radius 1 is 0.762 bits per heavy atom. The van der Waals surface area contributed by atoms with E-state index in [0.717, 1.165) is 13.1 Å². The first-order chi connectivity index (χ1) is 10.4. The zero-order valence-electron chi connectivity index (χ0n) is 11.1. The molecule has 0 aliphatic carbocycles. The maximum Gasteiger partial charge on any atom is 0.557 e. The fourth-order valence-corrected chi connectivity index (χ4v) is 2.92. The van der Waals surface area contributed by atoms with E-state index < -0.39 is 0 Å². The van der Waals surface area contributed by atoms with Crippen molar-refractivity contribution in [2.24, 2.45) is 0 Å². The molecule has 4 aromatic rings. The lowest BCUT2D eigenvalue weighted by atomic mass is 9.94. The van der Waals surface area contributed by atoms with Crippen LogP contribution in [0, 0.1) is 0 Å². The van der Waals surface area contributed by atoms with Crippen molar-refractivity contribution in [1.29, 1.82) is 0 Å². The van der Waals surface area contributed by atoms with Crippen LogP contribution in [-0.2, 0) is 4.57 Å². The molecule has 21 heavy (non-hydrogen) atoms. The Morgan fingerprint density at radius 2 is 1.43 bits per heavy atom. The van der Waals surface area contributed by atoms with Gasteiger partial charge in [-0.15, -0.1) is 0 Å². The van der Waals surface area contributed by atoms with Crippen LogP contribution in [0.15, 0.2) is 54.6 Å². The Hall–Kier alpha value is -2.23. The van der Waals surface area contributed by atoms with Crippen molar-refractivity contribution in [2.75, 3.05) is 0 Å². The summed E-state index contributed by atoms with van der Waals surface area (Å²) in [7, 11) is 1.68. The first-order valence-corrected chi connectivity index (χ1v) is 6.65. The first-order valence-electron chi connectivity index (χ1n) is 6.65. The molecule has 0 atom stereocenters. The van der Waals surface area contributed by atoms with E-state index in [1.54, 1.807) is 0 Å². The molecule has 1 N–H and O–H groups in total. The normalized spacial score (nSPS) is 11.3. The highest BCUT2D eigenvalue weighted by Gasteiger charge is 2.11. The molecule has 0 aliphatic heterocycles. The Labute approximate surface area is 123 Å². The van der Waals surface area contributed by atoms with E-state index in [2.05, 4.69) is 47.0 Å². The summed E-state index contributed by atoms with van der Waals surface area (Å²) in [5.74, 6) is 0.697. The Bertz CT molecular complexity index is 907. The van der Waals surface area contributed by atoms with Gasteiger partial charge in [0.25, 0.3) is 0 Å². The second kappa shape index (κ2) is 4.95. The molecule has 2 radical (unpaired) electrons. The van der Waals surface area contributed by atoms with Crippen molar-refractivity contribution in [3.8, 4) is 5.75 Å². The van der Waals surface area contributed by atoms with Crippen LogP contribution in [0.3, 0.4) is 0 Å². The number of hydrogen-bond donors (Lipinski definition) is 1.